The summed E-state index contributed by atoms with van der Waals surface area (Å²) in [6.07, 6.45) is -0.975. The molecule has 0 atom stereocenters. The molecule has 0 radical (unpaired) electrons. The maximum absolute atomic E-state index is 12.8. The lowest BCUT2D eigenvalue weighted by atomic mass is 10.1. The fourth-order valence-electron chi connectivity index (χ4n) is 3.38. The van der Waals surface area contributed by atoms with Crippen LogP contribution in [0.3, 0.4) is 0 Å². The fourth-order valence-corrected chi connectivity index (χ4v) is 4.15. The molecule has 3 heterocycles. The van der Waals surface area contributed by atoms with Crippen molar-refractivity contribution in [1.29, 1.82) is 0 Å². The van der Waals surface area contributed by atoms with E-state index in [4.69, 9.17) is 4.52 Å². The summed E-state index contributed by atoms with van der Waals surface area (Å²) in [5, 5.41) is 13.3. The number of rotatable bonds is 7. The first kappa shape index (κ1) is 22.8. The zero-order valence-corrected chi connectivity index (χ0v) is 18.9. The van der Waals surface area contributed by atoms with E-state index in [0.717, 1.165) is 23.3 Å². The summed E-state index contributed by atoms with van der Waals surface area (Å²) in [5.74, 6) is 1.53. The molecule has 0 saturated carbocycles. The van der Waals surface area contributed by atoms with Gasteiger partial charge in [-0.2, -0.15) is 18.2 Å². The summed E-state index contributed by atoms with van der Waals surface area (Å²) in [7, 11) is 0. The van der Waals surface area contributed by atoms with Crippen LogP contribution in [0.4, 0.5) is 13.2 Å². The van der Waals surface area contributed by atoms with Gasteiger partial charge in [-0.25, -0.2) is 0 Å². The number of thioether (sulfide) groups is 1. The van der Waals surface area contributed by atoms with E-state index in [9.17, 15) is 13.2 Å². The van der Waals surface area contributed by atoms with Crippen molar-refractivity contribution in [2.24, 2.45) is 0 Å². The number of nitrogens with zero attached hydrogens (tertiary/aromatic N) is 6. The van der Waals surface area contributed by atoms with Crippen LogP contribution < -0.4 is 0 Å². The van der Waals surface area contributed by atoms with Crippen LogP contribution in [-0.4, -0.2) is 29.9 Å². The number of hydrogen-bond acceptors (Lipinski definition) is 7. The Kier molecular flexibility index (Phi) is 6.32. The van der Waals surface area contributed by atoms with Crippen molar-refractivity contribution in [1.82, 2.24) is 29.9 Å². The Labute approximate surface area is 202 Å². The smallest absolute Gasteiger partial charge is 0.338 e. The maximum atomic E-state index is 12.8. The molecule has 2 aromatic carbocycles. The number of benzene rings is 2. The predicted octanol–water partition coefficient (Wildman–Crippen LogP) is 5.75. The number of alkyl halides is 3. The number of aromatic nitrogens is 6. The van der Waals surface area contributed by atoms with Crippen LogP contribution >= 0.6 is 11.8 Å². The Balaban J connectivity index is 1.35. The summed E-state index contributed by atoms with van der Waals surface area (Å²) in [6, 6.07) is 18.3. The van der Waals surface area contributed by atoms with Gasteiger partial charge in [-0.1, -0.05) is 59.4 Å². The van der Waals surface area contributed by atoms with Gasteiger partial charge in [-0.3, -0.25) is 9.55 Å². The maximum Gasteiger partial charge on any atom is 0.416 e. The van der Waals surface area contributed by atoms with Gasteiger partial charge in [0.05, 0.1) is 17.9 Å². The van der Waals surface area contributed by atoms with Crippen LogP contribution in [0.25, 0.3) is 22.8 Å². The lowest BCUT2D eigenvalue weighted by Crippen LogP contribution is -2.04. The summed E-state index contributed by atoms with van der Waals surface area (Å²) in [6.45, 7) is 0.557. The predicted molar refractivity (Wildman–Crippen MR) is 123 cm³/mol. The molecule has 5 aromatic rings. The number of pyridine rings is 1. The highest BCUT2D eigenvalue weighted by molar-refractivity contribution is 7.98. The van der Waals surface area contributed by atoms with Crippen molar-refractivity contribution in [2.75, 3.05) is 0 Å². The van der Waals surface area contributed by atoms with E-state index >= 15 is 0 Å². The van der Waals surface area contributed by atoms with Crippen LogP contribution in [-0.2, 0) is 18.5 Å². The zero-order chi connectivity index (χ0) is 24.3. The van der Waals surface area contributed by atoms with Crippen molar-refractivity contribution in [3.8, 4) is 22.8 Å². The van der Waals surface area contributed by atoms with Gasteiger partial charge in [-0.15, -0.1) is 10.2 Å². The topological polar surface area (TPSA) is 82.5 Å². The Bertz CT molecular complexity index is 1400. The normalized spacial score (nSPS) is 11.6. The summed E-state index contributed by atoms with van der Waals surface area (Å²) >= 11 is 1.37. The van der Waals surface area contributed by atoms with Crippen LogP contribution in [0.2, 0.25) is 0 Å². The molecule has 0 spiro atoms. The molecule has 0 saturated heterocycles. The quantitative estimate of drug-likeness (QED) is 0.267. The number of hydrogen-bond donors (Lipinski definition) is 0. The van der Waals surface area contributed by atoms with Gasteiger partial charge >= 0.3 is 6.18 Å². The van der Waals surface area contributed by atoms with E-state index < -0.39 is 11.7 Å². The Morgan fingerprint density at radius 2 is 1.69 bits per heavy atom. The second-order valence-corrected chi connectivity index (χ2v) is 8.44. The second-order valence-electron chi connectivity index (χ2n) is 7.50. The van der Waals surface area contributed by atoms with Gasteiger partial charge in [-0.05, 0) is 29.8 Å². The Morgan fingerprint density at radius 1 is 0.886 bits per heavy atom. The molecule has 5 rings (SSSR count). The molecule has 0 N–H and O–H groups in total. The van der Waals surface area contributed by atoms with Crippen LogP contribution in [0.1, 0.15) is 17.0 Å². The number of halogens is 3. The minimum absolute atomic E-state index is 0.219. The average molecular weight is 495 g/mol. The van der Waals surface area contributed by atoms with Gasteiger partial charge in [0.2, 0.25) is 11.7 Å². The van der Waals surface area contributed by atoms with E-state index in [-0.39, 0.29) is 5.82 Å². The van der Waals surface area contributed by atoms with E-state index in [1.165, 1.54) is 23.9 Å². The standard InChI is InChI=1S/C24H17F3N6OS/c25-24(26,27)19-10-8-17(9-11-19)21-29-20(34-32-21)15-35-23-31-30-22(18-7-4-12-28-13-18)33(23)14-16-5-2-1-3-6-16/h1-13H,14-15H2. The van der Waals surface area contributed by atoms with Crippen molar-refractivity contribution < 1.29 is 17.7 Å². The highest BCUT2D eigenvalue weighted by Gasteiger charge is 2.30. The molecule has 11 heteroatoms. The summed E-state index contributed by atoms with van der Waals surface area (Å²) in [5.41, 5.74) is 1.62. The third-order valence-corrected chi connectivity index (χ3v) is 6.03. The third-order valence-electron chi connectivity index (χ3n) is 5.08. The molecule has 176 valence electrons. The highest BCUT2D eigenvalue weighted by atomic mass is 32.2. The van der Waals surface area contributed by atoms with Gasteiger partial charge < -0.3 is 4.52 Å². The van der Waals surface area contributed by atoms with Crippen molar-refractivity contribution in [2.45, 2.75) is 23.6 Å². The molecule has 7 nitrogen and oxygen atoms in total. The van der Waals surface area contributed by atoms with Crippen LogP contribution in [0.15, 0.2) is 88.8 Å². The zero-order valence-electron chi connectivity index (χ0n) is 18.1. The van der Waals surface area contributed by atoms with Crippen molar-refractivity contribution in [3.63, 3.8) is 0 Å². The third kappa shape index (κ3) is 5.24. The van der Waals surface area contributed by atoms with Crippen LogP contribution in [0, 0.1) is 0 Å². The van der Waals surface area contributed by atoms with Gasteiger partial charge in [0.15, 0.2) is 11.0 Å². The molecular formula is C24H17F3N6OS. The Morgan fingerprint density at radius 3 is 2.40 bits per heavy atom. The summed E-state index contributed by atoms with van der Waals surface area (Å²) < 4.78 is 45.7. The molecule has 0 amide bonds. The van der Waals surface area contributed by atoms with Gasteiger partial charge in [0, 0.05) is 23.5 Å². The van der Waals surface area contributed by atoms with Crippen molar-refractivity contribution in [3.05, 3.63) is 96.1 Å². The monoisotopic (exact) mass is 494 g/mol. The summed E-state index contributed by atoms with van der Waals surface area (Å²) in [4.78, 5) is 8.50. The molecule has 0 aliphatic rings. The first-order valence-corrected chi connectivity index (χ1v) is 11.5. The minimum Gasteiger partial charge on any atom is -0.338 e. The molecular weight excluding hydrogens is 477 g/mol. The lowest BCUT2D eigenvalue weighted by Gasteiger charge is -2.10. The molecule has 3 aromatic heterocycles. The van der Waals surface area contributed by atoms with E-state index in [1.807, 2.05) is 47.0 Å². The minimum atomic E-state index is -4.40. The average Bonchev–Trinajstić information content (AvgIpc) is 3.51. The van der Waals surface area contributed by atoms with E-state index in [1.54, 1.807) is 12.4 Å². The molecule has 0 unspecified atom stereocenters. The SMILES string of the molecule is FC(F)(F)c1ccc(-c2noc(CSc3nnc(-c4cccnc4)n3Cc3ccccc3)n2)cc1. The Hall–Kier alpha value is -3.99. The van der Waals surface area contributed by atoms with Crippen LogP contribution in [0.5, 0.6) is 0 Å². The lowest BCUT2D eigenvalue weighted by molar-refractivity contribution is -0.137. The highest BCUT2D eigenvalue weighted by Crippen LogP contribution is 2.31. The first-order chi connectivity index (χ1) is 17.0. The molecule has 35 heavy (non-hydrogen) atoms. The first-order valence-electron chi connectivity index (χ1n) is 10.5. The largest absolute Gasteiger partial charge is 0.416 e. The van der Waals surface area contributed by atoms with E-state index in [2.05, 4.69) is 25.3 Å². The molecule has 0 aliphatic heterocycles. The van der Waals surface area contributed by atoms with Crippen molar-refractivity contribution >= 4 is 11.8 Å². The molecule has 0 fully saturated rings. The van der Waals surface area contributed by atoms with Gasteiger partial charge in [0.25, 0.3) is 0 Å². The second kappa shape index (κ2) is 9.71. The fraction of sp³-hybridized carbons (Fsp3) is 0.125. The van der Waals surface area contributed by atoms with Gasteiger partial charge in [0.1, 0.15) is 0 Å². The van der Waals surface area contributed by atoms with E-state index in [0.29, 0.717) is 34.7 Å². The molecule has 0 aliphatic carbocycles. The molecule has 0 bridgehead atoms.